The van der Waals surface area contributed by atoms with Crippen molar-refractivity contribution >= 4 is 55.9 Å². The summed E-state index contributed by atoms with van der Waals surface area (Å²) < 4.78 is 0.804. The van der Waals surface area contributed by atoms with E-state index in [1.807, 2.05) is 18.2 Å². The normalized spacial score (nSPS) is 11.4. The van der Waals surface area contributed by atoms with E-state index in [1.54, 1.807) is 26.0 Å². The summed E-state index contributed by atoms with van der Waals surface area (Å²) in [7, 11) is 0. The largest absolute Gasteiger partial charge is 0.358 e. The highest BCUT2D eigenvalue weighted by Crippen LogP contribution is 2.27. The first-order chi connectivity index (χ1) is 19.3. The number of halogens is 1. The average Bonchev–Trinajstić information content (AvgIpc) is 3.37. The fourth-order valence-electron chi connectivity index (χ4n) is 3.65. The van der Waals surface area contributed by atoms with E-state index in [-0.39, 0.29) is 23.9 Å². The van der Waals surface area contributed by atoms with Crippen molar-refractivity contribution < 1.29 is 9.72 Å². The molecular formula is C27H22BrN9O3. The van der Waals surface area contributed by atoms with Crippen LogP contribution in [0.4, 0.5) is 23.1 Å². The van der Waals surface area contributed by atoms with Crippen molar-refractivity contribution in [2.45, 2.75) is 19.9 Å². The van der Waals surface area contributed by atoms with Crippen molar-refractivity contribution in [3.8, 4) is 24.2 Å². The van der Waals surface area contributed by atoms with Gasteiger partial charge in [0, 0.05) is 33.7 Å². The lowest BCUT2D eigenvalue weighted by molar-refractivity contribution is -0.390. The number of carbonyl (C=O) groups is 1. The molecule has 4 rings (SSSR count). The number of aromatic nitrogens is 5. The van der Waals surface area contributed by atoms with Gasteiger partial charge in [0.2, 0.25) is 5.91 Å². The number of nitrogens with zero attached hydrogens (tertiary/aromatic N) is 5. The predicted octanol–water partition coefficient (Wildman–Crippen LogP) is 4.36. The zero-order valence-electron chi connectivity index (χ0n) is 21.3. The van der Waals surface area contributed by atoms with Gasteiger partial charge in [-0.15, -0.1) is 6.42 Å². The second-order valence-electron chi connectivity index (χ2n) is 8.25. The van der Waals surface area contributed by atoms with Crippen molar-refractivity contribution in [3.05, 3.63) is 80.6 Å². The molecule has 0 saturated heterocycles. The Morgan fingerprint density at radius 2 is 2.12 bits per heavy atom. The van der Waals surface area contributed by atoms with Crippen molar-refractivity contribution in [2.75, 3.05) is 17.2 Å². The molecule has 13 heteroatoms. The molecule has 3 aromatic heterocycles. The first-order valence-corrected chi connectivity index (χ1v) is 12.6. The Labute approximate surface area is 237 Å². The Kier molecular flexibility index (Phi) is 8.81. The molecule has 0 radical (unpaired) electrons. The number of amides is 1. The summed E-state index contributed by atoms with van der Waals surface area (Å²) in [6.07, 6.45) is 11.4. The SMILES string of the molecule is C#Cc1cc(Nc2ncnc3cnc(NC(=O)/C=C/CNC(C)c4nc(C#CC)[nH]c4[N+](=O)[O-])cc23)ccc1Br. The Hall–Kier alpha value is -5.11. The molecule has 0 bridgehead atoms. The maximum atomic E-state index is 12.5. The van der Waals surface area contributed by atoms with E-state index in [0.717, 1.165) is 10.2 Å². The van der Waals surface area contributed by atoms with E-state index in [2.05, 4.69) is 74.6 Å². The summed E-state index contributed by atoms with van der Waals surface area (Å²) >= 11 is 3.42. The number of fused-ring (bicyclic) bond motifs is 1. The molecule has 1 amide bonds. The average molecular weight is 600 g/mol. The molecule has 3 heterocycles. The Morgan fingerprint density at radius 3 is 2.88 bits per heavy atom. The lowest BCUT2D eigenvalue weighted by atomic mass is 10.2. The number of nitrogens with one attached hydrogen (secondary N) is 4. The number of carbonyl (C=O) groups excluding carboxylic acids is 1. The van der Waals surface area contributed by atoms with Gasteiger partial charge in [-0.1, -0.05) is 17.9 Å². The number of aromatic amines is 1. The molecule has 200 valence electrons. The van der Waals surface area contributed by atoms with Crippen molar-refractivity contribution in [1.29, 1.82) is 0 Å². The number of terminal acetylenes is 1. The smallest absolute Gasteiger partial charge is 0.346 e. The van der Waals surface area contributed by atoms with Crippen LogP contribution in [0.1, 0.15) is 37.0 Å². The number of hydrogen-bond acceptors (Lipinski definition) is 9. The van der Waals surface area contributed by atoms with Gasteiger partial charge in [-0.25, -0.2) is 19.9 Å². The fourth-order valence-corrected chi connectivity index (χ4v) is 4.01. The summed E-state index contributed by atoms with van der Waals surface area (Å²) in [6, 6.07) is 6.70. The number of imidazole rings is 1. The lowest BCUT2D eigenvalue weighted by Gasteiger charge is -2.10. The predicted molar refractivity (Wildman–Crippen MR) is 155 cm³/mol. The monoisotopic (exact) mass is 599 g/mol. The molecule has 0 aliphatic carbocycles. The highest BCUT2D eigenvalue weighted by atomic mass is 79.9. The molecule has 0 aliphatic rings. The number of nitro groups is 1. The molecule has 0 aliphatic heterocycles. The summed E-state index contributed by atoms with van der Waals surface area (Å²) in [5, 5.41) is 21.0. The van der Waals surface area contributed by atoms with E-state index in [1.165, 1.54) is 18.6 Å². The minimum Gasteiger partial charge on any atom is -0.358 e. The Morgan fingerprint density at radius 1 is 1.30 bits per heavy atom. The number of benzene rings is 1. The van der Waals surface area contributed by atoms with Crippen LogP contribution in [0, 0.1) is 34.3 Å². The van der Waals surface area contributed by atoms with Crippen LogP contribution in [-0.4, -0.2) is 42.3 Å². The second-order valence-corrected chi connectivity index (χ2v) is 9.10. The van der Waals surface area contributed by atoms with Crippen LogP contribution in [0.2, 0.25) is 0 Å². The van der Waals surface area contributed by atoms with Crippen molar-refractivity contribution in [2.24, 2.45) is 0 Å². The standard InChI is InChI=1S/C27H22BrN9O3/c1-4-7-22-35-25(27(36-22)37(39)40)16(3)29-11-6-8-24(38)34-23-13-19-21(14-30-23)31-15-32-26(19)33-18-9-10-20(28)17(5-2)12-18/h2,6,8-10,12-16,29H,11H2,1,3H3,(H,35,36)(H,30,34,38)(H,31,32,33)/b8-6+. The molecule has 1 atom stereocenters. The summed E-state index contributed by atoms with van der Waals surface area (Å²) in [4.78, 5) is 42.9. The third-order valence-corrected chi connectivity index (χ3v) is 6.21. The molecule has 40 heavy (non-hydrogen) atoms. The van der Waals surface area contributed by atoms with Gasteiger partial charge in [-0.05, 0) is 64.9 Å². The highest BCUT2D eigenvalue weighted by molar-refractivity contribution is 9.10. The Balaban J connectivity index is 1.41. The van der Waals surface area contributed by atoms with Gasteiger partial charge in [0.25, 0.3) is 5.82 Å². The van der Waals surface area contributed by atoms with Gasteiger partial charge >= 0.3 is 5.82 Å². The third-order valence-electron chi connectivity index (χ3n) is 5.52. The molecular weight excluding hydrogens is 578 g/mol. The van der Waals surface area contributed by atoms with Gasteiger partial charge in [-0.3, -0.25) is 4.79 Å². The summed E-state index contributed by atoms with van der Waals surface area (Å²) in [5.74, 6) is 8.34. The molecule has 0 spiro atoms. The zero-order valence-corrected chi connectivity index (χ0v) is 22.9. The molecule has 4 N–H and O–H groups in total. The number of rotatable bonds is 9. The van der Waals surface area contributed by atoms with Crippen LogP contribution in [0.5, 0.6) is 0 Å². The second kappa shape index (κ2) is 12.6. The van der Waals surface area contributed by atoms with Gasteiger partial charge in [0.05, 0.1) is 17.8 Å². The lowest BCUT2D eigenvalue weighted by Crippen LogP contribution is -2.20. The van der Waals surface area contributed by atoms with E-state index < -0.39 is 16.9 Å². The summed E-state index contributed by atoms with van der Waals surface area (Å²) in [5.41, 5.74) is 2.23. The third kappa shape index (κ3) is 6.66. The number of H-pyrrole nitrogens is 1. The number of anilines is 3. The van der Waals surface area contributed by atoms with Crippen LogP contribution in [0.15, 0.2) is 53.4 Å². The zero-order chi connectivity index (χ0) is 28.6. The number of pyridine rings is 1. The molecule has 4 aromatic rings. The molecule has 12 nitrogen and oxygen atoms in total. The number of hydrogen-bond donors (Lipinski definition) is 4. The first-order valence-electron chi connectivity index (χ1n) is 11.8. The molecule has 0 saturated carbocycles. The highest BCUT2D eigenvalue weighted by Gasteiger charge is 2.23. The van der Waals surface area contributed by atoms with Gasteiger partial charge in [0.1, 0.15) is 18.0 Å². The molecule has 1 aromatic carbocycles. The van der Waals surface area contributed by atoms with Gasteiger partial charge in [0.15, 0.2) is 5.69 Å². The topological polar surface area (TPSA) is 164 Å². The minimum atomic E-state index is -0.541. The van der Waals surface area contributed by atoms with E-state index >= 15 is 0 Å². The summed E-state index contributed by atoms with van der Waals surface area (Å²) in [6.45, 7) is 3.60. The van der Waals surface area contributed by atoms with Crippen LogP contribution in [0.25, 0.3) is 10.9 Å². The fraction of sp³-hybridized carbons (Fsp3) is 0.148. The quantitative estimate of drug-likeness (QED) is 0.0946. The van der Waals surface area contributed by atoms with E-state index in [9.17, 15) is 14.9 Å². The minimum absolute atomic E-state index is 0.216. The first kappa shape index (κ1) is 27.9. The van der Waals surface area contributed by atoms with Crippen LogP contribution in [0.3, 0.4) is 0 Å². The van der Waals surface area contributed by atoms with Crippen LogP contribution in [-0.2, 0) is 4.79 Å². The van der Waals surface area contributed by atoms with E-state index in [4.69, 9.17) is 6.42 Å². The maximum Gasteiger partial charge on any atom is 0.346 e. The van der Waals surface area contributed by atoms with Crippen molar-refractivity contribution in [1.82, 2.24) is 30.2 Å². The van der Waals surface area contributed by atoms with Crippen LogP contribution < -0.4 is 16.0 Å². The van der Waals surface area contributed by atoms with Crippen LogP contribution >= 0.6 is 15.9 Å². The van der Waals surface area contributed by atoms with Gasteiger partial charge < -0.3 is 26.1 Å². The van der Waals surface area contributed by atoms with E-state index in [0.29, 0.717) is 28.1 Å². The Bertz CT molecular complexity index is 1730. The van der Waals surface area contributed by atoms with Gasteiger partial charge in [-0.2, -0.15) is 4.98 Å². The molecule has 0 fully saturated rings. The maximum absolute atomic E-state index is 12.5. The molecule has 1 unspecified atom stereocenters. The van der Waals surface area contributed by atoms with Crippen molar-refractivity contribution in [3.63, 3.8) is 0 Å².